The molecule has 0 amide bonds. The van der Waals surface area contributed by atoms with Crippen LogP contribution in [0.25, 0.3) is 0 Å². The van der Waals surface area contributed by atoms with Crippen molar-refractivity contribution in [2.24, 2.45) is 11.7 Å². The van der Waals surface area contributed by atoms with Crippen molar-refractivity contribution in [3.63, 3.8) is 0 Å². The van der Waals surface area contributed by atoms with Crippen LogP contribution in [0.2, 0.25) is 0 Å². The zero-order valence-electron chi connectivity index (χ0n) is 12.8. The largest absolute Gasteiger partial charge is 0.329 e. The van der Waals surface area contributed by atoms with E-state index in [1.54, 1.807) is 0 Å². The van der Waals surface area contributed by atoms with Crippen LogP contribution in [-0.2, 0) is 0 Å². The molecule has 0 bridgehead atoms. The van der Waals surface area contributed by atoms with Crippen LogP contribution in [0.1, 0.15) is 51.9 Å². The first-order chi connectivity index (χ1) is 9.16. The molecule has 19 heavy (non-hydrogen) atoms. The molecule has 2 N–H and O–H groups in total. The molecule has 1 heterocycles. The van der Waals surface area contributed by atoms with E-state index in [4.69, 9.17) is 5.73 Å². The summed E-state index contributed by atoms with van der Waals surface area (Å²) in [6, 6.07) is 1.65. The average Bonchev–Trinajstić information content (AvgIpc) is 3.18. The minimum Gasteiger partial charge on any atom is -0.329 e. The topological polar surface area (TPSA) is 32.5 Å². The standard InChI is InChI=1S/C16H31N3/c1-13-5-3-4-6-15(13)18(2)16(11-17)9-10-19(12-16)14-7-8-14/h13-15H,3-12,17H2,1-2H3. The van der Waals surface area contributed by atoms with Crippen LogP contribution < -0.4 is 5.73 Å². The van der Waals surface area contributed by atoms with Crippen LogP contribution >= 0.6 is 0 Å². The monoisotopic (exact) mass is 265 g/mol. The van der Waals surface area contributed by atoms with Crippen molar-refractivity contribution >= 4 is 0 Å². The van der Waals surface area contributed by atoms with E-state index in [2.05, 4.69) is 23.8 Å². The number of hydrogen-bond donors (Lipinski definition) is 1. The summed E-state index contributed by atoms with van der Waals surface area (Å²) in [6.07, 6.45) is 9.74. The molecule has 3 aliphatic rings. The Balaban J connectivity index is 1.70. The van der Waals surface area contributed by atoms with Crippen LogP contribution in [0, 0.1) is 5.92 Å². The smallest absolute Gasteiger partial charge is 0.0470 e. The average molecular weight is 265 g/mol. The zero-order chi connectivity index (χ0) is 13.5. The van der Waals surface area contributed by atoms with Gasteiger partial charge in [0.25, 0.3) is 0 Å². The Labute approximate surface area is 118 Å². The molecule has 1 saturated heterocycles. The fraction of sp³-hybridized carbons (Fsp3) is 1.00. The molecule has 0 aromatic carbocycles. The Bertz CT molecular complexity index is 315. The van der Waals surface area contributed by atoms with E-state index in [0.717, 1.165) is 24.5 Å². The first-order valence-corrected chi connectivity index (χ1v) is 8.33. The van der Waals surface area contributed by atoms with Crippen LogP contribution in [0.15, 0.2) is 0 Å². The van der Waals surface area contributed by atoms with E-state index in [-0.39, 0.29) is 5.54 Å². The number of rotatable bonds is 4. The molecule has 0 radical (unpaired) electrons. The number of likely N-dealkylation sites (tertiary alicyclic amines) is 1. The molecule has 2 saturated carbocycles. The highest BCUT2D eigenvalue weighted by Crippen LogP contribution is 2.38. The highest BCUT2D eigenvalue weighted by molar-refractivity contribution is 5.05. The van der Waals surface area contributed by atoms with Gasteiger partial charge in [-0.1, -0.05) is 19.8 Å². The summed E-state index contributed by atoms with van der Waals surface area (Å²) in [5.41, 5.74) is 6.50. The quantitative estimate of drug-likeness (QED) is 0.844. The summed E-state index contributed by atoms with van der Waals surface area (Å²) in [5, 5.41) is 0. The van der Waals surface area contributed by atoms with Crippen molar-refractivity contribution in [3.05, 3.63) is 0 Å². The molecule has 3 fully saturated rings. The lowest BCUT2D eigenvalue weighted by Crippen LogP contribution is -2.59. The van der Waals surface area contributed by atoms with E-state index in [1.165, 1.54) is 58.0 Å². The molecule has 110 valence electrons. The number of nitrogens with two attached hydrogens (primary N) is 1. The van der Waals surface area contributed by atoms with Crippen LogP contribution in [0.3, 0.4) is 0 Å². The zero-order valence-corrected chi connectivity index (χ0v) is 12.8. The molecule has 1 aliphatic heterocycles. The molecule has 0 aromatic heterocycles. The third-order valence-corrected chi connectivity index (χ3v) is 6.12. The molecule has 3 unspecified atom stereocenters. The minimum atomic E-state index is 0.263. The maximum atomic E-state index is 6.24. The lowest BCUT2D eigenvalue weighted by molar-refractivity contribution is 0.0356. The third kappa shape index (κ3) is 2.57. The van der Waals surface area contributed by atoms with Crippen molar-refractivity contribution in [2.45, 2.75) is 69.5 Å². The lowest BCUT2D eigenvalue weighted by Gasteiger charge is -2.47. The van der Waals surface area contributed by atoms with Gasteiger partial charge in [0.2, 0.25) is 0 Å². The summed E-state index contributed by atoms with van der Waals surface area (Å²) in [7, 11) is 2.36. The van der Waals surface area contributed by atoms with Gasteiger partial charge in [0.05, 0.1) is 0 Å². The molecule has 0 spiro atoms. The van der Waals surface area contributed by atoms with E-state index in [1.807, 2.05) is 0 Å². The second kappa shape index (κ2) is 5.34. The first-order valence-electron chi connectivity index (χ1n) is 8.33. The summed E-state index contributed by atoms with van der Waals surface area (Å²) in [4.78, 5) is 5.40. The molecule has 2 aliphatic carbocycles. The molecular weight excluding hydrogens is 234 g/mol. The molecule has 3 nitrogen and oxygen atoms in total. The minimum absolute atomic E-state index is 0.263. The molecule has 3 rings (SSSR count). The Morgan fingerprint density at radius 1 is 1.21 bits per heavy atom. The van der Waals surface area contributed by atoms with Crippen molar-refractivity contribution in [1.82, 2.24) is 9.80 Å². The predicted molar refractivity (Wildman–Crippen MR) is 80.2 cm³/mol. The van der Waals surface area contributed by atoms with Crippen molar-refractivity contribution in [3.8, 4) is 0 Å². The Morgan fingerprint density at radius 2 is 1.95 bits per heavy atom. The van der Waals surface area contributed by atoms with Crippen molar-refractivity contribution in [2.75, 3.05) is 26.7 Å². The fourth-order valence-corrected chi connectivity index (χ4v) is 4.46. The van der Waals surface area contributed by atoms with Crippen LogP contribution in [0.4, 0.5) is 0 Å². The third-order valence-electron chi connectivity index (χ3n) is 6.12. The molecular formula is C16H31N3. The SMILES string of the molecule is CC1CCCCC1N(C)C1(CN)CCN(C2CC2)C1. The Morgan fingerprint density at radius 3 is 2.58 bits per heavy atom. The highest BCUT2D eigenvalue weighted by atomic mass is 15.3. The van der Waals surface area contributed by atoms with Gasteiger partial charge < -0.3 is 5.73 Å². The summed E-state index contributed by atoms with van der Waals surface area (Å²) >= 11 is 0. The van der Waals surface area contributed by atoms with Crippen LogP contribution in [0.5, 0.6) is 0 Å². The van der Waals surface area contributed by atoms with Gasteiger partial charge in [-0.25, -0.2) is 0 Å². The van der Waals surface area contributed by atoms with Gasteiger partial charge in [0.15, 0.2) is 0 Å². The van der Waals surface area contributed by atoms with Crippen LogP contribution in [-0.4, -0.2) is 54.1 Å². The Hall–Kier alpha value is -0.120. The maximum Gasteiger partial charge on any atom is 0.0470 e. The van der Waals surface area contributed by atoms with E-state index in [0.29, 0.717) is 0 Å². The van der Waals surface area contributed by atoms with Crippen molar-refractivity contribution in [1.29, 1.82) is 0 Å². The van der Waals surface area contributed by atoms with Gasteiger partial charge in [-0.05, 0) is 45.1 Å². The highest BCUT2D eigenvalue weighted by Gasteiger charge is 2.47. The van der Waals surface area contributed by atoms with Gasteiger partial charge in [-0.15, -0.1) is 0 Å². The lowest BCUT2D eigenvalue weighted by atomic mass is 9.82. The number of likely N-dealkylation sites (N-methyl/N-ethyl adjacent to an activating group) is 1. The van der Waals surface area contributed by atoms with E-state index >= 15 is 0 Å². The van der Waals surface area contributed by atoms with Gasteiger partial charge in [-0.3, -0.25) is 9.80 Å². The number of nitrogens with zero attached hydrogens (tertiary/aromatic N) is 2. The van der Waals surface area contributed by atoms with E-state index in [9.17, 15) is 0 Å². The Kier molecular flexibility index (Phi) is 3.89. The normalized spacial score (nSPS) is 41.1. The molecule has 0 aromatic rings. The van der Waals surface area contributed by atoms with Gasteiger partial charge in [0.1, 0.15) is 0 Å². The summed E-state index contributed by atoms with van der Waals surface area (Å²) in [6.45, 7) is 5.76. The van der Waals surface area contributed by atoms with Gasteiger partial charge in [0, 0.05) is 37.3 Å². The van der Waals surface area contributed by atoms with Gasteiger partial charge in [-0.2, -0.15) is 0 Å². The fourth-order valence-electron chi connectivity index (χ4n) is 4.46. The second-order valence-corrected chi connectivity index (χ2v) is 7.32. The maximum absolute atomic E-state index is 6.24. The van der Waals surface area contributed by atoms with E-state index < -0.39 is 0 Å². The first kappa shape index (κ1) is 13.8. The second-order valence-electron chi connectivity index (χ2n) is 7.32. The molecule has 3 atom stereocenters. The summed E-state index contributed by atoms with van der Waals surface area (Å²) < 4.78 is 0. The summed E-state index contributed by atoms with van der Waals surface area (Å²) in [5.74, 6) is 0.845. The molecule has 3 heteroatoms. The van der Waals surface area contributed by atoms with Crippen molar-refractivity contribution < 1.29 is 0 Å². The predicted octanol–water partition coefficient (Wildman–Crippen LogP) is 2.06. The number of hydrogen-bond acceptors (Lipinski definition) is 3. The van der Waals surface area contributed by atoms with Gasteiger partial charge >= 0.3 is 0 Å².